The van der Waals surface area contributed by atoms with Crippen LogP contribution in [0.1, 0.15) is 12.0 Å². The number of ether oxygens (including phenoxy) is 1. The molecule has 1 fully saturated rings. The summed E-state index contributed by atoms with van der Waals surface area (Å²) in [4.78, 5) is 12.3. The molecule has 0 aliphatic carbocycles. The summed E-state index contributed by atoms with van der Waals surface area (Å²) in [5.41, 5.74) is -0.00134. The molecule has 1 atom stereocenters. The van der Waals surface area contributed by atoms with Crippen molar-refractivity contribution in [1.82, 2.24) is 0 Å². The summed E-state index contributed by atoms with van der Waals surface area (Å²) < 4.78 is 42.5. The molecule has 4 nitrogen and oxygen atoms in total. The Balaban J connectivity index is 1.95. The number of anilines is 1. The lowest BCUT2D eigenvalue weighted by Gasteiger charge is -2.19. The Morgan fingerprint density at radius 1 is 1.35 bits per heavy atom. The van der Waals surface area contributed by atoms with Gasteiger partial charge in [-0.1, -0.05) is 0 Å². The largest absolute Gasteiger partial charge is 0.480 e. The third-order valence-corrected chi connectivity index (χ3v) is 3.15. The number of aliphatic carboxylic acids is 1. The van der Waals surface area contributed by atoms with Gasteiger partial charge in [0, 0.05) is 18.8 Å². The molecule has 1 aliphatic rings. The number of alkyl halides is 3. The third-order valence-electron chi connectivity index (χ3n) is 3.15. The normalized spacial score (nSPS) is 19.4. The fourth-order valence-electron chi connectivity index (χ4n) is 2.15. The third kappa shape index (κ3) is 3.63. The summed E-state index contributed by atoms with van der Waals surface area (Å²) in [6, 6.07) is 4.92. The number of carboxylic acid groups (broad SMARTS) is 1. The van der Waals surface area contributed by atoms with Gasteiger partial charge in [0.1, 0.15) is 6.61 Å². The topological polar surface area (TPSA) is 49.8 Å². The first-order chi connectivity index (χ1) is 9.36. The van der Waals surface area contributed by atoms with Gasteiger partial charge in [-0.15, -0.1) is 0 Å². The van der Waals surface area contributed by atoms with Gasteiger partial charge in [-0.25, -0.2) is 4.79 Å². The SMILES string of the molecule is O=C(O)COC1CCN(c2ccc(C(F)(F)F)cc2)C1. The van der Waals surface area contributed by atoms with Crippen molar-refractivity contribution in [2.24, 2.45) is 0 Å². The van der Waals surface area contributed by atoms with Crippen LogP contribution in [0.2, 0.25) is 0 Å². The maximum atomic E-state index is 12.4. The smallest absolute Gasteiger partial charge is 0.416 e. The van der Waals surface area contributed by atoms with Crippen molar-refractivity contribution in [2.45, 2.75) is 18.7 Å². The van der Waals surface area contributed by atoms with E-state index in [2.05, 4.69) is 0 Å². The van der Waals surface area contributed by atoms with E-state index in [1.807, 2.05) is 4.90 Å². The molecule has 20 heavy (non-hydrogen) atoms. The molecule has 0 saturated carbocycles. The van der Waals surface area contributed by atoms with E-state index in [-0.39, 0.29) is 12.7 Å². The van der Waals surface area contributed by atoms with Gasteiger partial charge in [-0.2, -0.15) is 13.2 Å². The van der Waals surface area contributed by atoms with Crippen LogP contribution < -0.4 is 4.90 Å². The predicted molar refractivity (Wildman–Crippen MR) is 65.6 cm³/mol. The van der Waals surface area contributed by atoms with E-state index in [0.29, 0.717) is 25.2 Å². The average Bonchev–Trinajstić information content (AvgIpc) is 2.84. The van der Waals surface area contributed by atoms with Crippen LogP contribution >= 0.6 is 0 Å². The highest BCUT2D eigenvalue weighted by atomic mass is 19.4. The molecular formula is C13H14F3NO3. The molecule has 2 rings (SSSR count). The molecule has 1 heterocycles. The summed E-state index contributed by atoms with van der Waals surface area (Å²) in [5, 5.41) is 8.52. The summed E-state index contributed by atoms with van der Waals surface area (Å²) in [5.74, 6) is -1.03. The summed E-state index contributed by atoms with van der Waals surface area (Å²) in [7, 11) is 0. The number of hydrogen-bond acceptors (Lipinski definition) is 3. The van der Waals surface area contributed by atoms with Crippen LogP contribution in [0.15, 0.2) is 24.3 Å². The molecular weight excluding hydrogens is 275 g/mol. The van der Waals surface area contributed by atoms with Crippen molar-refractivity contribution in [1.29, 1.82) is 0 Å². The Labute approximate surface area is 113 Å². The molecule has 0 amide bonds. The zero-order valence-electron chi connectivity index (χ0n) is 10.6. The molecule has 1 aromatic rings. The van der Waals surface area contributed by atoms with E-state index in [1.165, 1.54) is 12.1 Å². The number of carbonyl (C=O) groups is 1. The minimum Gasteiger partial charge on any atom is -0.480 e. The van der Waals surface area contributed by atoms with Gasteiger partial charge >= 0.3 is 12.1 Å². The summed E-state index contributed by atoms with van der Waals surface area (Å²) >= 11 is 0. The van der Waals surface area contributed by atoms with Crippen LogP contribution in [-0.2, 0) is 15.7 Å². The monoisotopic (exact) mass is 289 g/mol. The number of rotatable bonds is 4. The molecule has 1 aromatic carbocycles. The van der Waals surface area contributed by atoms with Gasteiger partial charge in [0.2, 0.25) is 0 Å². The van der Waals surface area contributed by atoms with Crippen LogP contribution in [0.3, 0.4) is 0 Å². The van der Waals surface area contributed by atoms with Crippen molar-refractivity contribution in [2.75, 3.05) is 24.6 Å². The maximum Gasteiger partial charge on any atom is 0.416 e. The Bertz CT molecular complexity index is 473. The first kappa shape index (κ1) is 14.6. The summed E-state index contributed by atoms with van der Waals surface area (Å²) in [6.45, 7) is 0.764. The second-order valence-corrected chi connectivity index (χ2v) is 4.61. The lowest BCUT2D eigenvalue weighted by Crippen LogP contribution is -2.24. The number of hydrogen-bond donors (Lipinski definition) is 1. The highest BCUT2D eigenvalue weighted by Crippen LogP contribution is 2.31. The first-order valence-electron chi connectivity index (χ1n) is 6.12. The molecule has 1 saturated heterocycles. The molecule has 0 bridgehead atoms. The van der Waals surface area contributed by atoms with Gasteiger partial charge in [0.25, 0.3) is 0 Å². The second-order valence-electron chi connectivity index (χ2n) is 4.61. The van der Waals surface area contributed by atoms with Crippen LogP contribution in [-0.4, -0.2) is 36.9 Å². The van der Waals surface area contributed by atoms with E-state index in [4.69, 9.17) is 9.84 Å². The Hall–Kier alpha value is -1.76. The highest BCUT2D eigenvalue weighted by Gasteiger charge is 2.30. The average molecular weight is 289 g/mol. The molecule has 1 N–H and O–H groups in total. The van der Waals surface area contributed by atoms with Gasteiger partial charge in [0.05, 0.1) is 11.7 Å². The number of halogens is 3. The molecule has 1 aliphatic heterocycles. The highest BCUT2D eigenvalue weighted by molar-refractivity contribution is 5.68. The first-order valence-corrected chi connectivity index (χ1v) is 6.12. The van der Waals surface area contributed by atoms with Crippen molar-refractivity contribution in [3.05, 3.63) is 29.8 Å². The standard InChI is InChI=1S/C13H14F3NO3/c14-13(15,16)9-1-3-10(4-2-9)17-6-5-11(7-17)20-8-12(18)19/h1-4,11H,5-8H2,(H,18,19). The summed E-state index contributed by atoms with van der Waals surface area (Å²) in [6.07, 6.45) is -3.88. The van der Waals surface area contributed by atoms with Crippen LogP contribution in [0.4, 0.5) is 18.9 Å². The van der Waals surface area contributed by atoms with E-state index in [0.717, 1.165) is 12.1 Å². The fourth-order valence-corrected chi connectivity index (χ4v) is 2.15. The van der Waals surface area contributed by atoms with Crippen molar-refractivity contribution in [3.8, 4) is 0 Å². The zero-order chi connectivity index (χ0) is 14.8. The lowest BCUT2D eigenvalue weighted by molar-refractivity contribution is -0.144. The van der Waals surface area contributed by atoms with E-state index >= 15 is 0 Å². The molecule has 0 radical (unpaired) electrons. The Kier molecular flexibility index (Phi) is 4.17. The van der Waals surface area contributed by atoms with Gasteiger partial charge in [-0.05, 0) is 30.7 Å². The van der Waals surface area contributed by atoms with Crippen molar-refractivity contribution < 1.29 is 27.8 Å². The number of benzene rings is 1. The van der Waals surface area contributed by atoms with Crippen molar-refractivity contribution in [3.63, 3.8) is 0 Å². The zero-order valence-corrected chi connectivity index (χ0v) is 10.6. The molecule has 1 unspecified atom stereocenters. The lowest BCUT2D eigenvalue weighted by atomic mass is 10.2. The number of carboxylic acids is 1. The van der Waals surface area contributed by atoms with E-state index in [9.17, 15) is 18.0 Å². The molecule has 0 aromatic heterocycles. The van der Waals surface area contributed by atoms with Crippen LogP contribution in [0.25, 0.3) is 0 Å². The minimum atomic E-state index is -4.34. The Morgan fingerprint density at radius 2 is 2.00 bits per heavy atom. The van der Waals surface area contributed by atoms with E-state index in [1.54, 1.807) is 0 Å². The predicted octanol–water partition coefficient (Wildman–Crippen LogP) is 2.39. The van der Waals surface area contributed by atoms with Gasteiger partial charge in [0.15, 0.2) is 0 Å². The van der Waals surface area contributed by atoms with Crippen LogP contribution in [0, 0.1) is 0 Å². The van der Waals surface area contributed by atoms with E-state index < -0.39 is 17.7 Å². The molecule has 7 heteroatoms. The maximum absolute atomic E-state index is 12.4. The van der Waals surface area contributed by atoms with Gasteiger partial charge < -0.3 is 14.7 Å². The Morgan fingerprint density at radius 3 is 2.55 bits per heavy atom. The molecule has 110 valence electrons. The second kappa shape index (κ2) is 5.70. The van der Waals surface area contributed by atoms with Crippen LogP contribution in [0.5, 0.6) is 0 Å². The number of nitrogens with zero attached hydrogens (tertiary/aromatic N) is 1. The quantitative estimate of drug-likeness (QED) is 0.924. The van der Waals surface area contributed by atoms with Crippen molar-refractivity contribution >= 4 is 11.7 Å². The van der Waals surface area contributed by atoms with Gasteiger partial charge in [-0.3, -0.25) is 0 Å². The minimum absolute atomic E-state index is 0.201. The fraction of sp³-hybridized carbons (Fsp3) is 0.462. The molecule has 0 spiro atoms.